The van der Waals surface area contributed by atoms with Crippen LogP contribution >= 0.6 is 11.6 Å². The zero-order valence-electron chi connectivity index (χ0n) is 6.32. The molecule has 1 aliphatic heterocycles. The van der Waals surface area contributed by atoms with E-state index in [1.165, 1.54) is 0 Å². The van der Waals surface area contributed by atoms with Crippen molar-refractivity contribution in [2.45, 2.75) is 13.3 Å². The summed E-state index contributed by atoms with van der Waals surface area (Å²) in [5.74, 6) is 0. The van der Waals surface area contributed by atoms with Crippen LogP contribution in [0.25, 0.3) is 0 Å². The highest BCUT2D eigenvalue weighted by molar-refractivity contribution is 6.30. The van der Waals surface area contributed by atoms with Crippen LogP contribution in [-0.2, 0) is 6.42 Å². The number of pyridine rings is 1. The van der Waals surface area contributed by atoms with Crippen molar-refractivity contribution in [1.82, 2.24) is 4.98 Å². The van der Waals surface area contributed by atoms with E-state index in [-0.39, 0.29) is 0 Å². The number of halogens is 1. The van der Waals surface area contributed by atoms with E-state index in [0.717, 1.165) is 29.9 Å². The second kappa shape index (κ2) is 2.38. The summed E-state index contributed by atoms with van der Waals surface area (Å²) in [6.45, 7) is 2.94. The third-order valence-electron chi connectivity index (χ3n) is 1.89. The average Bonchev–Trinajstić information content (AvgIpc) is 2.34. The number of hydrogen-bond donors (Lipinski definition) is 1. The van der Waals surface area contributed by atoms with Crippen molar-refractivity contribution in [2.75, 3.05) is 11.9 Å². The molecule has 0 bridgehead atoms. The lowest BCUT2D eigenvalue weighted by molar-refractivity contribution is 1.08. The van der Waals surface area contributed by atoms with Gasteiger partial charge in [0.2, 0.25) is 0 Å². The fourth-order valence-corrected chi connectivity index (χ4v) is 1.71. The van der Waals surface area contributed by atoms with E-state index >= 15 is 0 Å². The van der Waals surface area contributed by atoms with Crippen molar-refractivity contribution in [2.24, 2.45) is 0 Å². The maximum atomic E-state index is 5.92. The van der Waals surface area contributed by atoms with Gasteiger partial charge in [0.1, 0.15) is 5.15 Å². The van der Waals surface area contributed by atoms with Gasteiger partial charge in [0.05, 0.1) is 0 Å². The summed E-state index contributed by atoms with van der Waals surface area (Å²) >= 11 is 5.92. The van der Waals surface area contributed by atoms with Gasteiger partial charge < -0.3 is 5.32 Å². The highest BCUT2D eigenvalue weighted by Gasteiger charge is 2.14. The number of nitrogens with one attached hydrogen (secondary N) is 1. The molecule has 2 nitrogen and oxygen atoms in total. The smallest absolute Gasteiger partial charge is 0.134 e. The van der Waals surface area contributed by atoms with Crippen molar-refractivity contribution in [3.63, 3.8) is 0 Å². The number of aryl methyl sites for hydroxylation is 1. The Morgan fingerprint density at radius 3 is 3.27 bits per heavy atom. The highest BCUT2D eigenvalue weighted by atomic mass is 35.5. The molecule has 0 spiro atoms. The molecular weight excluding hydrogens is 160 g/mol. The molecule has 2 heterocycles. The predicted molar refractivity (Wildman–Crippen MR) is 46.2 cm³/mol. The lowest BCUT2D eigenvalue weighted by atomic mass is 10.2. The Balaban J connectivity index is 2.60. The van der Waals surface area contributed by atoms with E-state index in [9.17, 15) is 0 Å². The molecule has 2 rings (SSSR count). The SMILES string of the molecule is Cc1cc2c(c(Cl)n1)CCN2. The molecule has 1 aliphatic rings. The summed E-state index contributed by atoms with van der Waals surface area (Å²) in [4.78, 5) is 4.17. The molecule has 1 aromatic heterocycles. The molecule has 1 aromatic rings. The quantitative estimate of drug-likeness (QED) is 0.600. The third kappa shape index (κ3) is 1.07. The molecule has 0 radical (unpaired) electrons. The molecule has 58 valence electrons. The molecule has 0 aromatic carbocycles. The Morgan fingerprint density at radius 2 is 2.45 bits per heavy atom. The van der Waals surface area contributed by atoms with E-state index < -0.39 is 0 Å². The normalized spacial score (nSPS) is 14.4. The van der Waals surface area contributed by atoms with Crippen molar-refractivity contribution >= 4 is 17.3 Å². The Labute approximate surface area is 70.6 Å². The van der Waals surface area contributed by atoms with E-state index in [1.54, 1.807) is 0 Å². The minimum Gasteiger partial charge on any atom is -0.384 e. The molecule has 1 N–H and O–H groups in total. The van der Waals surface area contributed by atoms with Gasteiger partial charge >= 0.3 is 0 Å². The molecule has 0 fully saturated rings. The molecular formula is C8H9ClN2. The standard InChI is InChI=1S/C8H9ClN2/c1-5-4-7-6(2-3-10-7)8(9)11-5/h4,10H,2-3H2,1H3. The molecule has 0 saturated heterocycles. The molecule has 0 aliphatic carbocycles. The Morgan fingerprint density at radius 1 is 1.64 bits per heavy atom. The lowest BCUT2D eigenvalue weighted by Gasteiger charge is -2.01. The fourth-order valence-electron chi connectivity index (χ4n) is 1.38. The largest absolute Gasteiger partial charge is 0.384 e. The zero-order chi connectivity index (χ0) is 7.84. The van der Waals surface area contributed by atoms with Crippen molar-refractivity contribution in [3.05, 3.63) is 22.5 Å². The summed E-state index contributed by atoms with van der Waals surface area (Å²) in [7, 11) is 0. The highest BCUT2D eigenvalue weighted by Crippen LogP contribution is 2.27. The van der Waals surface area contributed by atoms with Crippen LogP contribution in [0.3, 0.4) is 0 Å². The number of hydrogen-bond acceptors (Lipinski definition) is 2. The first-order valence-electron chi connectivity index (χ1n) is 3.67. The van der Waals surface area contributed by atoms with E-state index in [4.69, 9.17) is 11.6 Å². The first kappa shape index (κ1) is 6.92. The monoisotopic (exact) mass is 168 g/mol. The second-order valence-corrected chi connectivity index (χ2v) is 3.12. The molecule has 0 saturated carbocycles. The minimum atomic E-state index is 0.657. The summed E-state index contributed by atoms with van der Waals surface area (Å²) in [5.41, 5.74) is 3.29. The van der Waals surface area contributed by atoms with Gasteiger partial charge in [0, 0.05) is 23.5 Å². The molecule has 0 unspecified atom stereocenters. The van der Waals surface area contributed by atoms with Gasteiger partial charge in [-0.25, -0.2) is 4.98 Å². The van der Waals surface area contributed by atoms with Crippen LogP contribution in [0.4, 0.5) is 5.69 Å². The van der Waals surface area contributed by atoms with E-state index in [0.29, 0.717) is 5.15 Å². The molecule has 3 heteroatoms. The van der Waals surface area contributed by atoms with Gasteiger partial charge in [-0.3, -0.25) is 0 Å². The number of fused-ring (bicyclic) bond motifs is 1. The number of nitrogens with zero attached hydrogens (tertiary/aromatic N) is 1. The van der Waals surface area contributed by atoms with E-state index in [2.05, 4.69) is 10.3 Å². The van der Waals surface area contributed by atoms with Crippen LogP contribution < -0.4 is 5.32 Å². The van der Waals surface area contributed by atoms with Crippen molar-refractivity contribution in [3.8, 4) is 0 Å². The van der Waals surface area contributed by atoms with Crippen LogP contribution in [0.15, 0.2) is 6.07 Å². The van der Waals surface area contributed by atoms with Crippen LogP contribution in [0.5, 0.6) is 0 Å². The summed E-state index contributed by atoms with van der Waals surface area (Å²) in [6, 6.07) is 2.04. The fraction of sp³-hybridized carbons (Fsp3) is 0.375. The Bertz CT molecular complexity index is 296. The first-order valence-corrected chi connectivity index (χ1v) is 4.05. The van der Waals surface area contributed by atoms with Crippen molar-refractivity contribution in [1.29, 1.82) is 0 Å². The average molecular weight is 169 g/mol. The Kier molecular flexibility index (Phi) is 1.50. The second-order valence-electron chi connectivity index (χ2n) is 2.76. The molecule has 0 atom stereocenters. The first-order chi connectivity index (χ1) is 5.27. The third-order valence-corrected chi connectivity index (χ3v) is 2.20. The summed E-state index contributed by atoms with van der Waals surface area (Å²) in [6.07, 6.45) is 1.00. The van der Waals surface area contributed by atoms with Gasteiger partial charge in [0.15, 0.2) is 0 Å². The van der Waals surface area contributed by atoms with Crippen LogP contribution in [0.2, 0.25) is 5.15 Å². The van der Waals surface area contributed by atoms with Gasteiger partial charge in [0.25, 0.3) is 0 Å². The van der Waals surface area contributed by atoms with Crippen LogP contribution in [0.1, 0.15) is 11.3 Å². The van der Waals surface area contributed by atoms with Crippen LogP contribution in [-0.4, -0.2) is 11.5 Å². The summed E-state index contributed by atoms with van der Waals surface area (Å²) < 4.78 is 0. The predicted octanol–water partition coefficient (Wildman–Crippen LogP) is 2.01. The number of rotatable bonds is 0. The topological polar surface area (TPSA) is 24.9 Å². The number of anilines is 1. The van der Waals surface area contributed by atoms with Gasteiger partial charge in [-0.05, 0) is 19.4 Å². The van der Waals surface area contributed by atoms with Gasteiger partial charge in [-0.15, -0.1) is 0 Å². The maximum absolute atomic E-state index is 5.92. The Hall–Kier alpha value is -0.760. The maximum Gasteiger partial charge on any atom is 0.134 e. The summed E-state index contributed by atoms with van der Waals surface area (Å²) in [5, 5.41) is 3.91. The van der Waals surface area contributed by atoms with Gasteiger partial charge in [-0.2, -0.15) is 0 Å². The lowest BCUT2D eigenvalue weighted by Crippen LogP contribution is -1.91. The van der Waals surface area contributed by atoms with Gasteiger partial charge in [-0.1, -0.05) is 11.6 Å². The minimum absolute atomic E-state index is 0.657. The molecule has 11 heavy (non-hydrogen) atoms. The van der Waals surface area contributed by atoms with Crippen LogP contribution in [0, 0.1) is 6.92 Å². The van der Waals surface area contributed by atoms with Crippen molar-refractivity contribution < 1.29 is 0 Å². The van der Waals surface area contributed by atoms with E-state index in [1.807, 2.05) is 13.0 Å². The zero-order valence-corrected chi connectivity index (χ0v) is 7.07. The molecule has 0 amide bonds. The number of aromatic nitrogens is 1.